The SMILES string of the molecule is CC(C)(C)c1ccc(C(=O)N[C@@H](Cc2ccc(-c3ncc(N4CCC(c5ccccc5Cl)CC4)cn3)cc2)C(=O)N2CC(C(=O)O)C2)s1. The molecule has 0 saturated carbocycles. The summed E-state index contributed by atoms with van der Waals surface area (Å²) in [6.45, 7) is 8.35. The second kappa shape index (κ2) is 14.1. The second-order valence-electron chi connectivity index (χ2n) is 13.7. The van der Waals surface area contributed by atoms with Crippen LogP contribution in [0.2, 0.25) is 5.02 Å². The number of anilines is 1. The van der Waals surface area contributed by atoms with Crippen molar-refractivity contribution in [3.63, 3.8) is 0 Å². The first-order chi connectivity index (χ1) is 23.0. The minimum Gasteiger partial charge on any atom is -0.481 e. The number of benzene rings is 2. The van der Waals surface area contributed by atoms with Gasteiger partial charge in [-0.25, -0.2) is 9.97 Å². The molecule has 0 unspecified atom stereocenters. The molecule has 11 heteroatoms. The van der Waals surface area contributed by atoms with Crippen molar-refractivity contribution in [2.75, 3.05) is 31.1 Å². The first-order valence-electron chi connectivity index (χ1n) is 16.3. The Morgan fingerprint density at radius 2 is 1.65 bits per heavy atom. The van der Waals surface area contributed by atoms with E-state index in [0.29, 0.717) is 16.6 Å². The summed E-state index contributed by atoms with van der Waals surface area (Å²) in [7, 11) is 0. The fourth-order valence-electron chi connectivity index (χ4n) is 6.24. The Hall–Kier alpha value is -4.28. The van der Waals surface area contributed by atoms with Crippen LogP contribution in [0.1, 0.15) is 65.2 Å². The molecule has 1 atom stereocenters. The van der Waals surface area contributed by atoms with Crippen LogP contribution in [0.4, 0.5) is 5.69 Å². The molecule has 4 aromatic rings. The van der Waals surface area contributed by atoms with E-state index in [1.54, 1.807) is 6.07 Å². The van der Waals surface area contributed by atoms with Crippen LogP contribution in [0.25, 0.3) is 11.4 Å². The highest BCUT2D eigenvalue weighted by Crippen LogP contribution is 2.34. The fraction of sp³-hybridized carbons (Fsp3) is 0.378. The van der Waals surface area contributed by atoms with Gasteiger partial charge in [0.2, 0.25) is 5.91 Å². The van der Waals surface area contributed by atoms with Gasteiger partial charge in [-0.1, -0.05) is 74.8 Å². The molecule has 2 aliphatic heterocycles. The van der Waals surface area contributed by atoms with Gasteiger partial charge in [0.25, 0.3) is 5.91 Å². The summed E-state index contributed by atoms with van der Waals surface area (Å²) in [5, 5.41) is 13.1. The smallest absolute Gasteiger partial charge is 0.310 e. The molecule has 0 spiro atoms. The third-order valence-corrected chi connectivity index (χ3v) is 11.1. The summed E-state index contributed by atoms with van der Waals surface area (Å²) < 4.78 is 0. The number of hydrogen-bond acceptors (Lipinski definition) is 7. The zero-order valence-electron chi connectivity index (χ0n) is 27.4. The number of thiophene rings is 1. The number of amides is 2. The number of piperidine rings is 1. The minimum absolute atomic E-state index is 0.0946. The normalized spacial score (nSPS) is 16.3. The molecule has 2 amide bonds. The Kier molecular flexibility index (Phi) is 9.85. The van der Waals surface area contributed by atoms with Gasteiger partial charge >= 0.3 is 5.97 Å². The molecule has 4 heterocycles. The van der Waals surface area contributed by atoms with Gasteiger partial charge in [0.1, 0.15) is 6.04 Å². The van der Waals surface area contributed by atoms with E-state index in [0.717, 1.165) is 52.6 Å². The number of halogens is 1. The number of rotatable bonds is 9. The van der Waals surface area contributed by atoms with Gasteiger partial charge in [-0.3, -0.25) is 14.4 Å². The van der Waals surface area contributed by atoms with E-state index in [2.05, 4.69) is 47.0 Å². The number of hydrogen-bond donors (Lipinski definition) is 2. The van der Waals surface area contributed by atoms with E-state index in [1.807, 2.05) is 60.9 Å². The van der Waals surface area contributed by atoms with Gasteiger partial charge in [-0.2, -0.15) is 0 Å². The van der Waals surface area contributed by atoms with Gasteiger partial charge < -0.3 is 20.2 Å². The maximum absolute atomic E-state index is 13.5. The number of aromatic nitrogens is 2. The fourth-order valence-corrected chi connectivity index (χ4v) is 7.50. The van der Waals surface area contributed by atoms with E-state index < -0.39 is 17.9 Å². The van der Waals surface area contributed by atoms with E-state index >= 15 is 0 Å². The van der Waals surface area contributed by atoms with Crippen LogP contribution >= 0.6 is 22.9 Å². The summed E-state index contributed by atoms with van der Waals surface area (Å²) in [5.74, 6) is -1.06. The van der Waals surface area contributed by atoms with E-state index in [-0.39, 0.29) is 36.7 Å². The van der Waals surface area contributed by atoms with E-state index in [9.17, 15) is 19.5 Å². The summed E-state index contributed by atoms with van der Waals surface area (Å²) in [6, 6.07) is 18.6. The Balaban J connectivity index is 1.10. The molecule has 6 rings (SSSR count). The summed E-state index contributed by atoms with van der Waals surface area (Å²) >= 11 is 7.85. The van der Waals surface area contributed by atoms with Crippen molar-refractivity contribution < 1.29 is 19.5 Å². The second-order valence-corrected chi connectivity index (χ2v) is 15.2. The predicted octanol–water partition coefficient (Wildman–Crippen LogP) is 6.42. The Morgan fingerprint density at radius 3 is 2.25 bits per heavy atom. The third-order valence-electron chi connectivity index (χ3n) is 9.21. The number of carboxylic acids is 1. The molecular weight excluding hydrogens is 646 g/mol. The number of carbonyl (C=O) groups is 3. The average molecular weight is 686 g/mol. The largest absolute Gasteiger partial charge is 0.481 e. The monoisotopic (exact) mass is 685 g/mol. The number of nitrogens with zero attached hydrogens (tertiary/aromatic N) is 4. The van der Waals surface area contributed by atoms with Crippen LogP contribution in [0.5, 0.6) is 0 Å². The number of carboxylic acid groups (broad SMARTS) is 1. The maximum Gasteiger partial charge on any atom is 0.310 e. The predicted molar refractivity (Wildman–Crippen MR) is 189 cm³/mol. The lowest BCUT2D eigenvalue weighted by Crippen LogP contribution is -2.59. The number of nitrogens with one attached hydrogen (secondary N) is 1. The minimum atomic E-state index is -0.920. The van der Waals surface area contributed by atoms with Gasteiger partial charge in [0, 0.05) is 48.1 Å². The summed E-state index contributed by atoms with van der Waals surface area (Å²) in [4.78, 5) is 52.8. The maximum atomic E-state index is 13.5. The molecule has 2 aromatic heterocycles. The van der Waals surface area contributed by atoms with Crippen LogP contribution in [0, 0.1) is 5.92 Å². The van der Waals surface area contributed by atoms with Crippen molar-refractivity contribution in [1.82, 2.24) is 20.2 Å². The third kappa shape index (κ3) is 7.55. The van der Waals surface area contributed by atoms with Crippen LogP contribution in [-0.4, -0.2) is 70.0 Å². The van der Waals surface area contributed by atoms with Crippen molar-refractivity contribution in [3.8, 4) is 11.4 Å². The molecule has 0 aliphatic carbocycles. The summed E-state index contributed by atoms with van der Waals surface area (Å²) in [6.07, 6.45) is 6.02. The number of carbonyl (C=O) groups excluding carboxylic acids is 2. The van der Waals surface area contributed by atoms with Crippen LogP contribution in [-0.2, 0) is 21.4 Å². The zero-order valence-corrected chi connectivity index (χ0v) is 28.9. The number of aliphatic carboxylic acids is 1. The standard InChI is InChI=1S/C37H40ClN5O4S/c1-37(2,3)32-13-12-31(48-32)34(44)41-30(35(45)43-21-26(22-43)36(46)47)18-23-8-10-25(11-9-23)33-39-19-27(20-40-33)42-16-14-24(15-17-42)28-6-4-5-7-29(28)38/h4-13,19-20,24,26,30H,14-18,21-22H2,1-3H3,(H,41,44)(H,46,47)/t30-/m0/s1. The molecule has 2 aliphatic rings. The lowest BCUT2D eigenvalue weighted by Gasteiger charge is -2.38. The molecule has 250 valence electrons. The molecule has 2 fully saturated rings. The molecule has 0 bridgehead atoms. The van der Waals surface area contributed by atoms with Crippen molar-refractivity contribution >= 4 is 46.4 Å². The molecular formula is C37H40ClN5O4S. The van der Waals surface area contributed by atoms with Crippen molar-refractivity contribution in [2.45, 2.75) is 57.4 Å². The molecule has 2 aromatic carbocycles. The van der Waals surface area contributed by atoms with Crippen LogP contribution < -0.4 is 10.2 Å². The highest BCUT2D eigenvalue weighted by Gasteiger charge is 2.39. The van der Waals surface area contributed by atoms with Crippen molar-refractivity contribution in [2.24, 2.45) is 5.92 Å². The van der Waals surface area contributed by atoms with Gasteiger partial charge in [-0.15, -0.1) is 11.3 Å². The Morgan fingerprint density at radius 1 is 0.979 bits per heavy atom. The molecule has 9 nitrogen and oxygen atoms in total. The molecule has 2 N–H and O–H groups in total. The molecule has 48 heavy (non-hydrogen) atoms. The van der Waals surface area contributed by atoms with Gasteiger partial charge in [0.05, 0.1) is 28.9 Å². The zero-order chi connectivity index (χ0) is 34.0. The Labute approximate surface area is 290 Å². The van der Waals surface area contributed by atoms with Crippen molar-refractivity contribution in [3.05, 3.63) is 99.0 Å². The van der Waals surface area contributed by atoms with Crippen LogP contribution in [0.15, 0.2) is 73.1 Å². The van der Waals surface area contributed by atoms with E-state index in [4.69, 9.17) is 11.6 Å². The van der Waals surface area contributed by atoms with Crippen LogP contribution in [0.3, 0.4) is 0 Å². The first kappa shape index (κ1) is 33.6. The van der Waals surface area contributed by atoms with Gasteiger partial charge in [0.15, 0.2) is 5.82 Å². The quantitative estimate of drug-likeness (QED) is 0.209. The highest BCUT2D eigenvalue weighted by molar-refractivity contribution is 7.14. The summed E-state index contributed by atoms with van der Waals surface area (Å²) in [5.41, 5.74) is 3.81. The highest BCUT2D eigenvalue weighted by atomic mass is 35.5. The first-order valence-corrected chi connectivity index (χ1v) is 17.5. The lowest BCUT2D eigenvalue weighted by atomic mass is 9.89. The molecule has 2 saturated heterocycles. The number of likely N-dealkylation sites (tertiary alicyclic amines) is 1. The van der Waals surface area contributed by atoms with E-state index in [1.165, 1.54) is 21.8 Å². The average Bonchev–Trinajstić information content (AvgIpc) is 3.56. The van der Waals surface area contributed by atoms with Gasteiger partial charge in [-0.05, 0) is 53.5 Å². The molecule has 0 radical (unpaired) electrons. The Bertz CT molecular complexity index is 1770. The topological polar surface area (TPSA) is 116 Å². The van der Waals surface area contributed by atoms with Crippen molar-refractivity contribution in [1.29, 1.82) is 0 Å². The lowest BCUT2D eigenvalue weighted by molar-refractivity contribution is -0.153.